The molecule has 0 spiro atoms. The van der Waals surface area contributed by atoms with Crippen LogP contribution in [-0.4, -0.2) is 41.3 Å². The zero-order chi connectivity index (χ0) is 13.5. The van der Waals surface area contributed by atoms with Crippen molar-refractivity contribution in [2.24, 2.45) is 0 Å². The molecular weight excluding hydrogens is 234 g/mol. The number of hydrogen-bond donors (Lipinski definition) is 1. The first kappa shape index (κ1) is 14.2. The topological polar surface area (TPSA) is 66.8 Å². The molecule has 2 rings (SSSR count). The maximum absolute atomic E-state index is 10.7. The van der Waals surface area contributed by atoms with Gasteiger partial charge in [0.1, 0.15) is 19.3 Å². The Bertz CT molecular complexity index is 405. The van der Waals surface area contributed by atoms with Crippen molar-refractivity contribution in [1.82, 2.24) is 4.90 Å². The van der Waals surface area contributed by atoms with Gasteiger partial charge >= 0.3 is 11.9 Å². The average molecular weight is 251 g/mol. The number of esters is 1. The summed E-state index contributed by atoms with van der Waals surface area (Å²) in [6.07, 6.45) is 0. The number of carboxylic acid groups (broad SMARTS) is 1. The van der Waals surface area contributed by atoms with E-state index in [0.29, 0.717) is 0 Å². The van der Waals surface area contributed by atoms with E-state index in [1.807, 2.05) is 18.2 Å². The van der Waals surface area contributed by atoms with Crippen LogP contribution < -0.4 is 0 Å². The lowest BCUT2D eigenvalue weighted by Gasteiger charge is -2.11. The third kappa shape index (κ3) is 4.55. The van der Waals surface area contributed by atoms with Crippen LogP contribution >= 0.6 is 0 Å². The number of cyclic esters (lactones) is 1. The number of carbonyl (C=O) groups excluding carboxylic acids is 1. The number of hydrogen-bond acceptors (Lipinski definition) is 4. The standard InChI is InChI=1S/C7H8.C6H9NO4/c1-7-5-3-2-4-6-7;1-4-6(10)11-3-7(4)2-5(8)9/h2-6H,1H3;4H,2-3H2,1H3,(H,8,9). The minimum atomic E-state index is -0.949. The smallest absolute Gasteiger partial charge is 0.324 e. The number of carbonyl (C=O) groups is 2. The molecule has 0 bridgehead atoms. The predicted molar refractivity (Wildman–Crippen MR) is 65.9 cm³/mol. The quantitative estimate of drug-likeness (QED) is 0.802. The van der Waals surface area contributed by atoms with Crippen molar-refractivity contribution in [3.8, 4) is 0 Å². The van der Waals surface area contributed by atoms with E-state index >= 15 is 0 Å². The molecule has 0 amide bonds. The van der Waals surface area contributed by atoms with Crippen LogP contribution in [0.2, 0.25) is 0 Å². The Hall–Kier alpha value is -1.88. The summed E-state index contributed by atoms with van der Waals surface area (Å²) < 4.78 is 4.60. The third-order valence-electron chi connectivity index (χ3n) is 2.54. The number of ether oxygens (including phenoxy) is 1. The molecular formula is C13H17NO4. The van der Waals surface area contributed by atoms with Crippen molar-refractivity contribution in [3.63, 3.8) is 0 Å². The Labute approximate surface area is 106 Å². The van der Waals surface area contributed by atoms with Gasteiger partial charge in [-0.1, -0.05) is 35.9 Å². The van der Waals surface area contributed by atoms with Crippen molar-refractivity contribution in [3.05, 3.63) is 35.9 Å². The van der Waals surface area contributed by atoms with Crippen molar-refractivity contribution in [2.45, 2.75) is 19.9 Å². The molecule has 1 aliphatic heterocycles. The second-order valence-electron chi connectivity index (χ2n) is 4.06. The van der Waals surface area contributed by atoms with Crippen molar-refractivity contribution >= 4 is 11.9 Å². The number of carboxylic acids is 1. The normalized spacial score (nSPS) is 18.8. The van der Waals surface area contributed by atoms with Gasteiger partial charge in [-0.2, -0.15) is 0 Å². The molecule has 1 fully saturated rings. The molecule has 1 aliphatic rings. The van der Waals surface area contributed by atoms with Crippen LogP contribution in [0.4, 0.5) is 0 Å². The largest absolute Gasteiger partial charge is 0.480 e. The van der Waals surface area contributed by atoms with Gasteiger partial charge in [-0.05, 0) is 13.8 Å². The van der Waals surface area contributed by atoms with Crippen molar-refractivity contribution in [2.75, 3.05) is 13.3 Å². The average Bonchev–Trinajstić information content (AvgIpc) is 2.62. The molecule has 18 heavy (non-hydrogen) atoms. The van der Waals surface area contributed by atoms with Gasteiger partial charge in [0.05, 0.1) is 0 Å². The van der Waals surface area contributed by atoms with E-state index in [1.54, 1.807) is 6.92 Å². The van der Waals surface area contributed by atoms with Crippen LogP contribution in [0.15, 0.2) is 30.3 Å². The SMILES string of the molecule is CC1C(=O)OCN1CC(=O)O.Cc1ccccc1. The highest BCUT2D eigenvalue weighted by Gasteiger charge is 2.31. The van der Waals surface area contributed by atoms with E-state index in [-0.39, 0.29) is 19.2 Å². The third-order valence-corrected chi connectivity index (χ3v) is 2.54. The molecule has 0 radical (unpaired) electrons. The molecule has 0 aromatic heterocycles. The minimum Gasteiger partial charge on any atom is -0.480 e. The van der Waals surface area contributed by atoms with Gasteiger partial charge in [-0.3, -0.25) is 9.59 Å². The lowest BCUT2D eigenvalue weighted by molar-refractivity contribution is -0.139. The van der Waals surface area contributed by atoms with Crippen LogP contribution in [0.5, 0.6) is 0 Å². The lowest BCUT2D eigenvalue weighted by atomic mass is 10.2. The maximum Gasteiger partial charge on any atom is 0.324 e. The van der Waals surface area contributed by atoms with E-state index in [2.05, 4.69) is 23.8 Å². The first-order valence-corrected chi connectivity index (χ1v) is 5.65. The van der Waals surface area contributed by atoms with Gasteiger partial charge in [0, 0.05) is 0 Å². The van der Waals surface area contributed by atoms with Gasteiger partial charge in [0.25, 0.3) is 0 Å². The van der Waals surface area contributed by atoms with Gasteiger partial charge in [0.2, 0.25) is 0 Å². The van der Waals surface area contributed by atoms with Crippen molar-refractivity contribution in [1.29, 1.82) is 0 Å². The highest BCUT2D eigenvalue weighted by Crippen LogP contribution is 2.08. The maximum atomic E-state index is 10.7. The Morgan fingerprint density at radius 2 is 2.06 bits per heavy atom. The monoisotopic (exact) mass is 251 g/mol. The molecule has 5 nitrogen and oxygen atoms in total. The fraction of sp³-hybridized carbons (Fsp3) is 0.385. The molecule has 1 heterocycles. The number of aliphatic carboxylic acids is 1. The highest BCUT2D eigenvalue weighted by atomic mass is 16.6. The molecule has 0 saturated carbocycles. The van der Waals surface area contributed by atoms with Crippen LogP contribution in [0, 0.1) is 6.92 Å². The first-order chi connectivity index (χ1) is 8.50. The van der Waals surface area contributed by atoms with E-state index in [9.17, 15) is 9.59 Å². The van der Waals surface area contributed by atoms with Gasteiger partial charge in [-0.15, -0.1) is 0 Å². The van der Waals surface area contributed by atoms with E-state index in [0.717, 1.165) is 0 Å². The Morgan fingerprint density at radius 1 is 1.44 bits per heavy atom. The molecule has 1 unspecified atom stereocenters. The summed E-state index contributed by atoms with van der Waals surface area (Å²) in [4.78, 5) is 22.4. The van der Waals surface area contributed by atoms with Gasteiger partial charge < -0.3 is 9.84 Å². The predicted octanol–water partition coefficient (Wildman–Crippen LogP) is 1.27. The Morgan fingerprint density at radius 3 is 2.39 bits per heavy atom. The molecule has 98 valence electrons. The number of rotatable bonds is 2. The van der Waals surface area contributed by atoms with Crippen LogP contribution in [-0.2, 0) is 14.3 Å². The fourth-order valence-electron chi connectivity index (χ4n) is 1.42. The van der Waals surface area contributed by atoms with Crippen molar-refractivity contribution < 1.29 is 19.4 Å². The van der Waals surface area contributed by atoms with E-state index in [1.165, 1.54) is 10.5 Å². The molecule has 5 heteroatoms. The zero-order valence-corrected chi connectivity index (χ0v) is 10.5. The zero-order valence-electron chi connectivity index (χ0n) is 10.5. The Balaban J connectivity index is 0.000000199. The summed E-state index contributed by atoms with van der Waals surface area (Å²) in [7, 11) is 0. The second-order valence-corrected chi connectivity index (χ2v) is 4.06. The summed E-state index contributed by atoms with van der Waals surface area (Å²) in [5.41, 5.74) is 1.32. The van der Waals surface area contributed by atoms with Crippen LogP contribution in [0.1, 0.15) is 12.5 Å². The summed E-state index contributed by atoms with van der Waals surface area (Å²) in [6.45, 7) is 3.65. The summed E-state index contributed by atoms with van der Waals surface area (Å²) in [5, 5.41) is 8.37. The number of nitrogens with zero attached hydrogens (tertiary/aromatic N) is 1. The summed E-state index contributed by atoms with van der Waals surface area (Å²) in [5.74, 6) is -1.30. The summed E-state index contributed by atoms with van der Waals surface area (Å²) in [6, 6.07) is 9.84. The molecule has 1 aromatic rings. The molecule has 1 atom stereocenters. The van der Waals surface area contributed by atoms with Gasteiger partial charge in [-0.25, -0.2) is 4.90 Å². The van der Waals surface area contributed by atoms with Gasteiger partial charge in [0.15, 0.2) is 0 Å². The lowest BCUT2D eigenvalue weighted by Crippen LogP contribution is -2.34. The number of benzene rings is 1. The minimum absolute atomic E-state index is 0.0896. The number of aryl methyl sites for hydroxylation is 1. The fourth-order valence-corrected chi connectivity index (χ4v) is 1.42. The van der Waals surface area contributed by atoms with E-state index < -0.39 is 12.0 Å². The Kier molecular flexibility index (Phi) is 5.32. The second kappa shape index (κ2) is 6.76. The molecule has 1 saturated heterocycles. The van der Waals surface area contributed by atoms with Crippen LogP contribution in [0.3, 0.4) is 0 Å². The molecule has 0 aliphatic carbocycles. The summed E-state index contributed by atoms with van der Waals surface area (Å²) >= 11 is 0. The van der Waals surface area contributed by atoms with Crippen LogP contribution in [0.25, 0.3) is 0 Å². The molecule has 1 aromatic carbocycles. The first-order valence-electron chi connectivity index (χ1n) is 5.65. The molecule has 1 N–H and O–H groups in total. The highest BCUT2D eigenvalue weighted by molar-refractivity contribution is 5.78. The van der Waals surface area contributed by atoms with E-state index in [4.69, 9.17) is 5.11 Å².